The minimum absolute atomic E-state index is 0.00642. The maximum Gasteiger partial charge on any atom is 0.300 e. The van der Waals surface area contributed by atoms with Crippen LogP contribution in [0.25, 0.3) is 5.76 Å². The van der Waals surface area contributed by atoms with Crippen LogP contribution in [0.1, 0.15) is 43.5 Å². The van der Waals surface area contributed by atoms with Gasteiger partial charge < -0.3 is 14.6 Å². The number of methoxy groups -OCH3 is 1. The van der Waals surface area contributed by atoms with Crippen LogP contribution in [-0.4, -0.2) is 30.0 Å². The second-order valence-corrected chi connectivity index (χ2v) is 8.66. The first-order chi connectivity index (χ1) is 16.8. The summed E-state index contributed by atoms with van der Waals surface area (Å²) in [5, 5.41) is 11.3. The number of Topliss-reactive ketones (excluding diaryl/α,β-unsaturated/α-hetero) is 1. The van der Waals surface area contributed by atoms with Crippen LogP contribution < -0.4 is 14.4 Å². The molecule has 35 heavy (non-hydrogen) atoms. The normalized spacial score (nSPS) is 17.2. The molecule has 3 aromatic rings. The summed E-state index contributed by atoms with van der Waals surface area (Å²) in [6, 6.07) is 20.7. The van der Waals surface area contributed by atoms with Gasteiger partial charge in [-0.25, -0.2) is 0 Å². The number of ether oxygens (including phenoxy) is 2. The maximum absolute atomic E-state index is 13.3. The molecule has 0 spiro atoms. The highest BCUT2D eigenvalue weighted by Gasteiger charge is 2.47. The molecule has 0 saturated carbocycles. The maximum atomic E-state index is 13.3. The van der Waals surface area contributed by atoms with Crippen molar-refractivity contribution in [1.29, 1.82) is 0 Å². The van der Waals surface area contributed by atoms with Crippen molar-refractivity contribution in [3.63, 3.8) is 0 Å². The van der Waals surface area contributed by atoms with Gasteiger partial charge >= 0.3 is 0 Å². The largest absolute Gasteiger partial charge is 0.507 e. The van der Waals surface area contributed by atoms with Gasteiger partial charge in [-0.1, -0.05) is 31.2 Å². The fraction of sp³-hybridized carbons (Fsp3) is 0.241. The molecule has 1 heterocycles. The van der Waals surface area contributed by atoms with Gasteiger partial charge in [-0.05, 0) is 79.9 Å². The first-order valence-corrected chi connectivity index (χ1v) is 11.6. The highest BCUT2D eigenvalue weighted by molar-refractivity contribution is 6.51. The van der Waals surface area contributed by atoms with Crippen LogP contribution in [0.5, 0.6) is 11.5 Å². The molecule has 1 saturated heterocycles. The van der Waals surface area contributed by atoms with Crippen molar-refractivity contribution < 1.29 is 24.2 Å². The zero-order valence-corrected chi connectivity index (χ0v) is 20.3. The van der Waals surface area contributed by atoms with E-state index in [1.165, 1.54) is 4.90 Å². The van der Waals surface area contributed by atoms with Gasteiger partial charge in [-0.2, -0.15) is 0 Å². The quantitative estimate of drug-likeness (QED) is 0.273. The summed E-state index contributed by atoms with van der Waals surface area (Å²) in [5.74, 6) is -0.428. The summed E-state index contributed by atoms with van der Waals surface area (Å²) in [7, 11) is 1.56. The summed E-state index contributed by atoms with van der Waals surface area (Å²) >= 11 is 0. The molecular weight excluding hydrogens is 442 g/mol. The second-order valence-electron chi connectivity index (χ2n) is 8.66. The van der Waals surface area contributed by atoms with Crippen molar-refractivity contribution in [1.82, 2.24) is 0 Å². The SMILES string of the molecule is CCc1ccc(N2C(=O)C(=O)/C(=C(\O)c3ccc(OC(C)C)cc3)C2c2cccc(OC)c2)cc1. The Bertz CT molecular complexity index is 1260. The van der Waals surface area contributed by atoms with Gasteiger partial charge in [0.15, 0.2) is 0 Å². The predicted molar refractivity (Wildman–Crippen MR) is 136 cm³/mol. The molecule has 0 aliphatic carbocycles. The van der Waals surface area contributed by atoms with Crippen LogP contribution in [0.3, 0.4) is 0 Å². The smallest absolute Gasteiger partial charge is 0.300 e. The number of amides is 1. The molecule has 6 nitrogen and oxygen atoms in total. The number of hydrogen-bond donors (Lipinski definition) is 1. The van der Waals surface area contributed by atoms with Crippen molar-refractivity contribution in [3.05, 3.63) is 95.1 Å². The van der Waals surface area contributed by atoms with Crippen LogP contribution in [0, 0.1) is 0 Å². The Hall–Kier alpha value is -4.06. The summed E-state index contributed by atoms with van der Waals surface area (Å²) in [6.45, 7) is 5.90. The van der Waals surface area contributed by atoms with E-state index in [0.717, 1.165) is 12.0 Å². The van der Waals surface area contributed by atoms with E-state index in [2.05, 4.69) is 6.92 Å². The lowest BCUT2D eigenvalue weighted by Gasteiger charge is -2.26. The van der Waals surface area contributed by atoms with Crippen molar-refractivity contribution in [3.8, 4) is 11.5 Å². The molecule has 0 aromatic heterocycles. The highest BCUT2D eigenvalue weighted by Crippen LogP contribution is 2.43. The van der Waals surface area contributed by atoms with Crippen LogP contribution in [-0.2, 0) is 16.0 Å². The number of aliphatic hydroxyl groups excluding tert-OH is 1. The van der Waals surface area contributed by atoms with Gasteiger partial charge in [-0.15, -0.1) is 0 Å². The van der Waals surface area contributed by atoms with Crippen LogP contribution in [0.2, 0.25) is 0 Å². The van der Waals surface area contributed by atoms with Crippen molar-refractivity contribution in [2.24, 2.45) is 0 Å². The summed E-state index contributed by atoms with van der Waals surface area (Å²) in [4.78, 5) is 28.1. The summed E-state index contributed by atoms with van der Waals surface area (Å²) < 4.78 is 11.1. The molecule has 180 valence electrons. The number of aryl methyl sites for hydroxylation is 1. The molecule has 4 rings (SSSR count). The molecule has 1 atom stereocenters. The number of rotatable bonds is 7. The van der Waals surface area contributed by atoms with Gasteiger partial charge in [0.05, 0.1) is 24.8 Å². The molecule has 1 aliphatic rings. The average Bonchev–Trinajstić information content (AvgIpc) is 3.14. The molecule has 3 aromatic carbocycles. The number of nitrogens with zero attached hydrogens (tertiary/aromatic N) is 1. The first-order valence-electron chi connectivity index (χ1n) is 11.6. The number of carbonyl (C=O) groups is 2. The number of anilines is 1. The standard InChI is InChI=1S/C29H29NO5/c1-5-19-9-13-22(14-10-19)30-26(21-7-6-8-24(17-21)34-4)25(28(32)29(30)33)27(31)20-11-15-23(16-12-20)35-18(2)3/h6-18,26,31H,5H2,1-4H3/b27-25-. The molecule has 1 unspecified atom stereocenters. The van der Waals surface area contributed by atoms with Gasteiger partial charge in [0.25, 0.3) is 11.7 Å². The number of aliphatic hydroxyl groups is 1. The Labute approximate surface area is 205 Å². The molecule has 0 radical (unpaired) electrons. The lowest BCUT2D eigenvalue weighted by molar-refractivity contribution is -0.132. The van der Waals surface area contributed by atoms with Crippen LogP contribution in [0.4, 0.5) is 5.69 Å². The van der Waals surface area contributed by atoms with E-state index in [4.69, 9.17) is 9.47 Å². The molecule has 6 heteroatoms. The van der Waals surface area contributed by atoms with Gasteiger partial charge in [0.1, 0.15) is 17.3 Å². The fourth-order valence-corrected chi connectivity index (χ4v) is 4.24. The van der Waals surface area contributed by atoms with Gasteiger partial charge in [0.2, 0.25) is 0 Å². The second kappa shape index (κ2) is 10.1. The van der Waals surface area contributed by atoms with E-state index in [1.807, 2.05) is 44.2 Å². The Kier molecular flexibility index (Phi) is 6.92. The highest BCUT2D eigenvalue weighted by atomic mass is 16.5. The van der Waals surface area contributed by atoms with Crippen molar-refractivity contribution in [2.75, 3.05) is 12.0 Å². The zero-order valence-electron chi connectivity index (χ0n) is 20.3. The molecule has 1 fully saturated rings. The minimum atomic E-state index is -0.816. The Morgan fingerprint density at radius 2 is 1.66 bits per heavy atom. The molecule has 1 aliphatic heterocycles. The Morgan fingerprint density at radius 3 is 2.26 bits per heavy atom. The lowest BCUT2D eigenvalue weighted by Crippen LogP contribution is -2.29. The first kappa shape index (κ1) is 24.1. The van der Waals surface area contributed by atoms with Crippen LogP contribution in [0.15, 0.2) is 78.4 Å². The predicted octanol–water partition coefficient (Wildman–Crippen LogP) is 5.67. The Morgan fingerprint density at radius 1 is 0.971 bits per heavy atom. The molecule has 1 N–H and O–H groups in total. The monoisotopic (exact) mass is 471 g/mol. The van der Waals surface area contributed by atoms with E-state index in [1.54, 1.807) is 49.6 Å². The van der Waals surface area contributed by atoms with E-state index in [9.17, 15) is 14.7 Å². The van der Waals surface area contributed by atoms with E-state index < -0.39 is 17.7 Å². The van der Waals surface area contributed by atoms with Crippen molar-refractivity contribution >= 4 is 23.1 Å². The summed E-state index contributed by atoms with van der Waals surface area (Å²) in [5.41, 5.74) is 2.81. The van der Waals surface area contributed by atoms with Gasteiger partial charge in [0, 0.05) is 11.3 Å². The van der Waals surface area contributed by atoms with E-state index >= 15 is 0 Å². The number of hydrogen-bond acceptors (Lipinski definition) is 5. The number of benzene rings is 3. The molecular formula is C29H29NO5. The van der Waals surface area contributed by atoms with E-state index in [-0.39, 0.29) is 17.4 Å². The number of carbonyl (C=O) groups excluding carboxylic acids is 2. The average molecular weight is 472 g/mol. The fourth-order valence-electron chi connectivity index (χ4n) is 4.24. The minimum Gasteiger partial charge on any atom is -0.507 e. The third-order valence-corrected chi connectivity index (χ3v) is 5.98. The van der Waals surface area contributed by atoms with Crippen LogP contribution >= 0.6 is 0 Å². The third kappa shape index (κ3) is 4.78. The number of ketones is 1. The lowest BCUT2D eigenvalue weighted by atomic mass is 9.95. The third-order valence-electron chi connectivity index (χ3n) is 5.98. The zero-order chi connectivity index (χ0) is 25.1. The molecule has 1 amide bonds. The Balaban J connectivity index is 1.86. The van der Waals surface area contributed by atoms with E-state index in [0.29, 0.717) is 28.3 Å². The van der Waals surface area contributed by atoms with Gasteiger partial charge in [-0.3, -0.25) is 14.5 Å². The molecule has 0 bridgehead atoms. The topological polar surface area (TPSA) is 76.1 Å². The van der Waals surface area contributed by atoms with Crippen molar-refractivity contribution in [2.45, 2.75) is 39.3 Å². The summed E-state index contributed by atoms with van der Waals surface area (Å²) in [6.07, 6.45) is 0.862.